The van der Waals surface area contributed by atoms with Gasteiger partial charge in [0.15, 0.2) is 0 Å². The number of nitrogens with two attached hydrogens (primary N) is 1. The molecule has 2 aromatic rings. The van der Waals surface area contributed by atoms with Crippen LogP contribution in [0.1, 0.15) is 26.3 Å². The van der Waals surface area contributed by atoms with Gasteiger partial charge in [0.25, 0.3) is 0 Å². The lowest BCUT2D eigenvalue weighted by Crippen LogP contribution is -2.10. The number of sulfonamides is 1. The van der Waals surface area contributed by atoms with Crippen LogP contribution in [0.5, 0.6) is 0 Å². The molecule has 20 heavy (non-hydrogen) atoms. The van der Waals surface area contributed by atoms with E-state index in [9.17, 15) is 8.42 Å². The average molecular weight is 327 g/mol. The van der Waals surface area contributed by atoms with E-state index in [1.54, 1.807) is 23.9 Å². The molecule has 0 spiro atoms. The Hall–Kier alpha value is -0.820. The zero-order chi connectivity index (χ0) is 15.0. The standard InChI is InChI=1S/C14H17NO2S3/c1-14(2,3)10-4-6-11(7-5-10)18-12-8-9-13(19-12)20(15,16)17/h4-9H,1-3H3,(H2,15,16,17). The van der Waals surface area contributed by atoms with Crippen molar-refractivity contribution in [1.29, 1.82) is 0 Å². The zero-order valence-corrected chi connectivity index (χ0v) is 14.0. The second-order valence-corrected chi connectivity index (χ2v) is 9.74. The van der Waals surface area contributed by atoms with Gasteiger partial charge in [-0.3, -0.25) is 0 Å². The number of benzene rings is 1. The van der Waals surface area contributed by atoms with Gasteiger partial charge < -0.3 is 0 Å². The summed E-state index contributed by atoms with van der Waals surface area (Å²) in [6.45, 7) is 6.52. The van der Waals surface area contributed by atoms with Crippen molar-refractivity contribution in [3.63, 3.8) is 0 Å². The minimum absolute atomic E-state index is 0.132. The summed E-state index contributed by atoms with van der Waals surface area (Å²) in [4.78, 5) is 1.08. The van der Waals surface area contributed by atoms with Gasteiger partial charge >= 0.3 is 0 Å². The van der Waals surface area contributed by atoms with Crippen LogP contribution in [0.25, 0.3) is 0 Å². The van der Waals surface area contributed by atoms with Crippen LogP contribution in [0.3, 0.4) is 0 Å². The molecule has 0 saturated carbocycles. The third-order valence-corrected chi connectivity index (χ3v) is 6.44. The molecule has 1 heterocycles. The fraction of sp³-hybridized carbons (Fsp3) is 0.286. The lowest BCUT2D eigenvalue weighted by atomic mass is 9.87. The van der Waals surface area contributed by atoms with Gasteiger partial charge in [-0.25, -0.2) is 13.6 Å². The van der Waals surface area contributed by atoms with E-state index in [4.69, 9.17) is 5.14 Å². The number of hydrogen-bond acceptors (Lipinski definition) is 4. The predicted octanol–water partition coefficient (Wildman–Crippen LogP) is 3.84. The van der Waals surface area contributed by atoms with Crippen molar-refractivity contribution < 1.29 is 8.42 Å². The number of rotatable bonds is 3. The smallest absolute Gasteiger partial charge is 0.224 e. The summed E-state index contributed by atoms with van der Waals surface area (Å²) in [6, 6.07) is 11.7. The number of thiophene rings is 1. The molecule has 1 aromatic carbocycles. The van der Waals surface area contributed by atoms with Gasteiger partial charge in [0, 0.05) is 4.90 Å². The quantitative estimate of drug-likeness (QED) is 0.931. The lowest BCUT2D eigenvalue weighted by molar-refractivity contribution is 0.589. The third kappa shape index (κ3) is 3.85. The molecule has 6 heteroatoms. The molecule has 0 radical (unpaired) electrons. The summed E-state index contributed by atoms with van der Waals surface area (Å²) in [7, 11) is -3.60. The first kappa shape index (κ1) is 15.6. The third-order valence-electron chi connectivity index (χ3n) is 2.78. The Labute approximate surface area is 128 Å². The predicted molar refractivity (Wildman–Crippen MR) is 85.0 cm³/mol. The molecule has 0 bridgehead atoms. The van der Waals surface area contributed by atoms with Crippen LogP contribution in [-0.4, -0.2) is 8.42 Å². The Bertz CT molecular complexity index is 695. The maximum Gasteiger partial charge on any atom is 0.247 e. The van der Waals surface area contributed by atoms with Gasteiger partial charge in [0.1, 0.15) is 4.21 Å². The molecular formula is C14H17NO2S3. The molecule has 0 aliphatic heterocycles. The SMILES string of the molecule is CC(C)(C)c1ccc(Sc2ccc(S(N)(=O)=O)s2)cc1. The fourth-order valence-electron chi connectivity index (χ4n) is 1.65. The summed E-state index contributed by atoms with van der Waals surface area (Å²) in [6.07, 6.45) is 0. The molecular weight excluding hydrogens is 310 g/mol. The summed E-state index contributed by atoms with van der Waals surface area (Å²) < 4.78 is 23.6. The fourth-order valence-corrected chi connectivity index (χ4v) is 4.64. The summed E-state index contributed by atoms with van der Waals surface area (Å²) in [5.41, 5.74) is 1.41. The van der Waals surface area contributed by atoms with Crippen molar-refractivity contribution in [2.45, 2.75) is 39.5 Å². The Balaban J connectivity index is 2.17. The van der Waals surface area contributed by atoms with Crippen molar-refractivity contribution in [2.75, 3.05) is 0 Å². The van der Waals surface area contributed by atoms with E-state index in [-0.39, 0.29) is 9.62 Å². The van der Waals surface area contributed by atoms with Gasteiger partial charge in [-0.05, 0) is 35.2 Å². The van der Waals surface area contributed by atoms with Crippen LogP contribution in [0.4, 0.5) is 0 Å². The first-order valence-corrected chi connectivity index (χ1v) is 9.25. The van der Waals surface area contributed by atoms with Crippen LogP contribution in [-0.2, 0) is 15.4 Å². The molecule has 0 fully saturated rings. The van der Waals surface area contributed by atoms with Crippen molar-refractivity contribution in [3.05, 3.63) is 42.0 Å². The monoisotopic (exact) mass is 327 g/mol. The van der Waals surface area contributed by atoms with Crippen LogP contribution >= 0.6 is 23.1 Å². The highest BCUT2D eigenvalue weighted by molar-refractivity contribution is 8.01. The molecule has 0 atom stereocenters. The summed E-state index contributed by atoms with van der Waals surface area (Å²) in [5.74, 6) is 0. The maximum atomic E-state index is 11.2. The molecule has 0 aliphatic carbocycles. The van der Waals surface area contributed by atoms with Crippen LogP contribution in [0, 0.1) is 0 Å². The van der Waals surface area contributed by atoms with Gasteiger partial charge in [-0.1, -0.05) is 44.7 Å². The van der Waals surface area contributed by atoms with Gasteiger partial charge in [-0.2, -0.15) is 0 Å². The molecule has 0 unspecified atom stereocenters. The minimum Gasteiger partial charge on any atom is -0.224 e. The van der Waals surface area contributed by atoms with E-state index < -0.39 is 10.0 Å². The molecule has 0 saturated heterocycles. The maximum absolute atomic E-state index is 11.2. The molecule has 108 valence electrons. The van der Waals surface area contributed by atoms with Crippen LogP contribution in [0.2, 0.25) is 0 Å². The van der Waals surface area contributed by atoms with E-state index in [0.717, 1.165) is 9.10 Å². The highest BCUT2D eigenvalue weighted by Gasteiger charge is 2.14. The molecule has 0 aliphatic rings. The Kier molecular flexibility index (Phi) is 4.30. The Morgan fingerprint density at radius 2 is 1.65 bits per heavy atom. The average Bonchev–Trinajstić information content (AvgIpc) is 2.77. The van der Waals surface area contributed by atoms with E-state index in [1.807, 2.05) is 0 Å². The van der Waals surface area contributed by atoms with Crippen LogP contribution in [0.15, 0.2) is 49.7 Å². The largest absolute Gasteiger partial charge is 0.247 e. The van der Waals surface area contributed by atoms with Crippen molar-refractivity contribution in [1.82, 2.24) is 0 Å². The number of hydrogen-bond donors (Lipinski definition) is 1. The van der Waals surface area contributed by atoms with Gasteiger partial charge in [0.05, 0.1) is 4.21 Å². The van der Waals surface area contributed by atoms with Crippen LogP contribution < -0.4 is 5.14 Å². The summed E-state index contributed by atoms with van der Waals surface area (Å²) >= 11 is 2.74. The normalized spacial score (nSPS) is 12.6. The number of primary sulfonamides is 1. The van der Waals surface area contributed by atoms with Crippen molar-refractivity contribution in [2.24, 2.45) is 5.14 Å². The topological polar surface area (TPSA) is 60.2 Å². The molecule has 2 N–H and O–H groups in total. The molecule has 1 aromatic heterocycles. The van der Waals surface area contributed by atoms with Gasteiger partial charge in [0.2, 0.25) is 10.0 Å². The van der Waals surface area contributed by atoms with Gasteiger partial charge in [-0.15, -0.1) is 11.3 Å². The zero-order valence-electron chi connectivity index (χ0n) is 11.6. The Morgan fingerprint density at radius 1 is 1.05 bits per heavy atom. The molecule has 0 amide bonds. The lowest BCUT2D eigenvalue weighted by Gasteiger charge is -2.18. The van der Waals surface area contributed by atoms with E-state index in [2.05, 4.69) is 45.0 Å². The summed E-state index contributed by atoms with van der Waals surface area (Å²) in [5, 5.41) is 5.10. The van der Waals surface area contributed by atoms with Crippen molar-refractivity contribution >= 4 is 33.1 Å². The molecule has 3 nitrogen and oxygen atoms in total. The highest BCUT2D eigenvalue weighted by Crippen LogP contribution is 2.35. The molecule has 2 rings (SSSR count). The van der Waals surface area contributed by atoms with Crippen molar-refractivity contribution in [3.8, 4) is 0 Å². The minimum atomic E-state index is -3.60. The Morgan fingerprint density at radius 3 is 2.10 bits per heavy atom. The first-order chi connectivity index (χ1) is 9.16. The second kappa shape index (κ2) is 5.52. The van der Waals surface area contributed by atoms with E-state index in [0.29, 0.717) is 0 Å². The first-order valence-electron chi connectivity index (χ1n) is 6.07. The van der Waals surface area contributed by atoms with E-state index in [1.165, 1.54) is 16.9 Å². The second-order valence-electron chi connectivity index (χ2n) is 5.49. The van der Waals surface area contributed by atoms with E-state index >= 15 is 0 Å². The highest BCUT2D eigenvalue weighted by atomic mass is 32.3.